The number of aliphatic hydroxyl groups excluding tert-OH is 1. The van der Waals surface area contributed by atoms with Crippen molar-refractivity contribution in [3.63, 3.8) is 0 Å². The predicted molar refractivity (Wildman–Crippen MR) is 372 cm³/mol. The van der Waals surface area contributed by atoms with Gasteiger partial charge in [-0.15, -0.1) is 0 Å². The van der Waals surface area contributed by atoms with E-state index in [1.165, 1.54) is 193 Å². The minimum atomic E-state index is -4.95. The number of unbranched alkanes of at least 4 members (excludes halogenated alkanes) is 42. The van der Waals surface area contributed by atoms with Crippen molar-refractivity contribution in [2.75, 3.05) is 39.6 Å². The van der Waals surface area contributed by atoms with Gasteiger partial charge in [-0.1, -0.05) is 324 Å². The third-order valence-electron chi connectivity index (χ3n) is 17.0. The Bertz CT molecular complexity index is 1790. The standard InChI is InChI=1S/C73H142O17P2/c1-7-9-11-13-15-17-24-33-39-45-51-57-72(77)89-68(61-83-70(75)55-49-43-37-29-16-14-12-10-8-2)63-87-91(79,80)85-59-67(74)60-86-92(81,82)88-64-69(62-84-71(76)56-50-44-38-32-28-23-26-31-36-42-48-54-66(5)6)90-73(78)58-52-46-40-34-27-22-20-18-19-21-25-30-35-41-47-53-65(3)4/h65-69,74H,7-64H2,1-6H3,(H,79,80)(H,81,82)/t67-,68+,69+/m0/s1. The largest absolute Gasteiger partial charge is 0.472 e. The lowest BCUT2D eigenvalue weighted by atomic mass is 10.0. The summed E-state index contributed by atoms with van der Waals surface area (Å²) in [4.78, 5) is 72.6. The van der Waals surface area contributed by atoms with Crippen LogP contribution in [0.25, 0.3) is 0 Å². The molecule has 5 atom stereocenters. The molecule has 0 aliphatic carbocycles. The number of carbonyl (C=O) groups excluding carboxylic acids is 4. The highest BCUT2D eigenvalue weighted by molar-refractivity contribution is 7.47. The molecule has 0 aliphatic rings. The number of phosphoric ester groups is 2. The molecule has 0 aromatic rings. The van der Waals surface area contributed by atoms with Crippen molar-refractivity contribution < 1.29 is 80.2 Å². The molecule has 17 nitrogen and oxygen atoms in total. The Morgan fingerprint density at radius 3 is 0.739 bits per heavy atom. The number of hydrogen-bond acceptors (Lipinski definition) is 15. The minimum absolute atomic E-state index is 0.107. The Balaban J connectivity index is 5.22. The molecule has 0 amide bonds. The van der Waals surface area contributed by atoms with Crippen LogP contribution in [0.15, 0.2) is 0 Å². The molecule has 2 unspecified atom stereocenters. The zero-order chi connectivity index (χ0) is 67.9. The first kappa shape index (κ1) is 90.1. The Morgan fingerprint density at radius 1 is 0.293 bits per heavy atom. The second kappa shape index (κ2) is 65.0. The van der Waals surface area contributed by atoms with Gasteiger partial charge in [0.2, 0.25) is 0 Å². The van der Waals surface area contributed by atoms with Gasteiger partial charge in [0.25, 0.3) is 0 Å². The molecule has 0 radical (unpaired) electrons. The van der Waals surface area contributed by atoms with Crippen LogP contribution in [0, 0.1) is 11.8 Å². The van der Waals surface area contributed by atoms with Gasteiger partial charge in [-0.2, -0.15) is 0 Å². The Kier molecular flexibility index (Phi) is 63.7. The van der Waals surface area contributed by atoms with Gasteiger partial charge in [0.05, 0.1) is 26.4 Å². The van der Waals surface area contributed by atoms with Crippen molar-refractivity contribution in [3.8, 4) is 0 Å². The number of aliphatic hydroxyl groups is 1. The molecule has 0 saturated heterocycles. The lowest BCUT2D eigenvalue weighted by Gasteiger charge is -2.21. The van der Waals surface area contributed by atoms with Crippen molar-refractivity contribution in [3.05, 3.63) is 0 Å². The molecular weight excluding hydrogens is 1210 g/mol. The topological polar surface area (TPSA) is 237 Å². The predicted octanol–water partition coefficient (Wildman–Crippen LogP) is 21.2. The van der Waals surface area contributed by atoms with E-state index in [-0.39, 0.29) is 25.7 Å². The third-order valence-corrected chi connectivity index (χ3v) is 18.9. The van der Waals surface area contributed by atoms with Crippen molar-refractivity contribution >= 4 is 39.5 Å². The SMILES string of the molecule is CCCCCCCCCCCCCC(=O)O[C@H](COC(=O)CCCCCCCCCCC)COP(=O)(O)OC[C@H](O)COP(=O)(O)OC[C@@H](COC(=O)CCCCCCCCCCCCCC(C)C)OC(=O)CCCCCCCCCCCCCCCCCC(C)C. The van der Waals surface area contributed by atoms with E-state index in [1.54, 1.807) is 0 Å². The van der Waals surface area contributed by atoms with E-state index in [2.05, 4.69) is 41.5 Å². The molecule has 0 aliphatic heterocycles. The highest BCUT2D eigenvalue weighted by atomic mass is 31.2. The fourth-order valence-electron chi connectivity index (χ4n) is 11.1. The molecule has 0 aromatic carbocycles. The van der Waals surface area contributed by atoms with E-state index in [0.29, 0.717) is 25.7 Å². The zero-order valence-corrected chi connectivity index (χ0v) is 61.6. The van der Waals surface area contributed by atoms with Crippen LogP contribution in [0.5, 0.6) is 0 Å². The van der Waals surface area contributed by atoms with Crippen molar-refractivity contribution in [2.45, 2.75) is 394 Å². The van der Waals surface area contributed by atoms with Gasteiger partial charge >= 0.3 is 39.5 Å². The lowest BCUT2D eigenvalue weighted by molar-refractivity contribution is -0.161. The smallest absolute Gasteiger partial charge is 0.462 e. The van der Waals surface area contributed by atoms with E-state index in [4.69, 9.17) is 37.0 Å². The summed E-state index contributed by atoms with van der Waals surface area (Å²) in [5.74, 6) is -0.546. The van der Waals surface area contributed by atoms with E-state index in [9.17, 15) is 43.2 Å². The van der Waals surface area contributed by atoms with Gasteiger partial charge in [-0.3, -0.25) is 37.3 Å². The van der Waals surface area contributed by atoms with Crippen LogP contribution in [-0.2, 0) is 65.4 Å². The van der Waals surface area contributed by atoms with Crippen LogP contribution < -0.4 is 0 Å². The van der Waals surface area contributed by atoms with Gasteiger partial charge in [-0.25, -0.2) is 9.13 Å². The number of hydrogen-bond donors (Lipinski definition) is 3. The summed E-state index contributed by atoms with van der Waals surface area (Å²) >= 11 is 0. The van der Waals surface area contributed by atoms with Crippen LogP contribution in [-0.4, -0.2) is 96.7 Å². The molecule has 0 heterocycles. The van der Waals surface area contributed by atoms with E-state index < -0.39 is 97.5 Å². The maximum atomic E-state index is 13.1. The van der Waals surface area contributed by atoms with Gasteiger partial charge in [-0.05, 0) is 37.5 Å². The second-order valence-corrected chi connectivity index (χ2v) is 30.2. The zero-order valence-electron chi connectivity index (χ0n) is 59.9. The quantitative estimate of drug-likeness (QED) is 0.0222. The monoisotopic (exact) mass is 1350 g/mol. The van der Waals surface area contributed by atoms with Gasteiger partial charge in [0, 0.05) is 25.7 Å². The highest BCUT2D eigenvalue weighted by Gasteiger charge is 2.30. The van der Waals surface area contributed by atoms with Crippen molar-refractivity contribution in [2.24, 2.45) is 11.8 Å². The summed E-state index contributed by atoms with van der Waals surface area (Å²) in [5, 5.41) is 10.6. The molecule has 546 valence electrons. The summed E-state index contributed by atoms with van der Waals surface area (Å²) in [7, 11) is -9.90. The number of carbonyl (C=O) groups is 4. The summed E-state index contributed by atoms with van der Waals surface area (Å²) in [6.07, 6.45) is 51.2. The molecule has 0 saturated carbocycles. The Morgan fingerprint density at radius 2 is 0.500 bits per heavy atom. The molecule has 3 N–H and O–H groups in total. The minimum Gasteiger partial charge on any atom is -0.462 e. The summed E-state index contributed by atoms with van der Waals surface area (Å²) < 4.78 is 68.4. The normalized spacial score (nSPS) is 14.1. The molecule has 0 rings (SSSR count). The molecule has 0 aromatic heterocycles. The van der Waals surface area contributed by atoms with Crippen LogP contribution >= 0.6 is 15.6 Å². The molecular formula is C73H142O17P2. The fourth-order valence-corrected chi connectivity index (χ4v) is 12.7. The van der Waals surface area contributed by atoms with Crippen LogP contribution in [0.2, 0.25) is 0 Å². The lowest BCUT2D eigenvalue weighted by Crippen LogP contribution is -2.30. The van der Waals surface area contributed by atoms with Gasteiger partial charge in [0.15, 0.2) is 12.2 Å². The van der Waals surface area contributed by atoms with Gasteiger partial charge in [0.1, 0.15) is 19.3 Å². The number of ether oxygens (including phenoxy) is 4. The highest BCUT2D eigenvalue weighted by Crippen LogP contribution is 2.45. The number of rotatable bonds is 72. The second-order valence-electron chi connectivity index (χ2n) is 27.3. The summed E-state index contributed by atoms with van der Waals surface area (Å²) in [6.45, 7) is 9.59. The fraction of sp³-hybridized carbons (Fsp3) is 0.945. The Labute approximate surface area is 562 Å². The average Bonchev–Trinajstić information content (AvgIpc) is 1.97. The van der Waals surface area contributed by atoms with Crippen LogP contribution in [0.4, 0.5) is 0 Å². The number of phosphoric acid groups is 2. The first-order valence-corrected chi connectivity index (χ1v) is 41.0. The van der Waals surface area contributed by atoms with Gasteiger partial charge < -0.3 is 33.8 Å². The van der Waals surface area contributed by atoms with E-state index in [0.717, 1.165) is 102 Å². The van der Waals surface area contributed by atoms with E-state index >= 15 is 0 Å². The Hall–Kier alpha value is -1.94. The first-order valence-electron chi connectivity index (χ1n) is 38.0. The molecule has 0 bridgehead atoms. The van der Waals surface area contributed by atoms with Crippen LogP contribution in [0.3, 0.4) is 0 Å². The average molecular weight is 1350 g/mol. The van der Waals surface area contributed by atoms with Crippen LogP contribution in [0.1, 0.15) is 375 Å². The summed E-state index contributed by atoms with van der Waals surface area (Å²) in [6, 6.07) is 0. The molecule has 92 heavy (non-hydrogen) atoms. The summed E-state index contributed by atoms with van der Waals surface area (Å²) in [5.41, 5.74) is 0. The van der Waals surface area contributed by atoms with E-state index in [1.807, 2.05) is 0 Å². The van der Waals surface area contributed by atoms with Crippen molar-refractivity contribution in [1.82, 2.24) is 0 Å². The number of esters is 4. The van der Waals surface area contributed by atoms with Crippen molar-refractivity contribution in [1.29, 1.82) is 0 Å². The molecule has 0 fully saturated rings. The first-order chi connectivity index (χ1) is 44.4. The third kappa shape index (κ3) is 66.7. The maximum absolute atomic E-state index is 13.1. The molecule has 0 spiro atoms. The maximum Gasteiger partial charge on any atom is 0.472 e. The molecule has 19 heteroatoms.